The first-order valence-corrected chi connectivity index (χ1v) is 10.9. The highest BCUT2D eigenvalue weighted by atomic mass is 32.2. The molecule has 3 rings (SSSR count). The fourth-order valence-corrected chi connectivity index (χ4v) is 5.61. The van der Waals surface area contributed by atoms with Gasteiger partial charge >= 0.3 is 6.03 Å². The lowest BCUT2D eigenvalue weighted by Gasteiger charge is -2.18. The predicted molar refractivity (Wildman–Crippen MR) is 113 cm³/mol. The lowest BCUT2D eigenvalue weighted by Crippen LogP contribution is -2.41. The zero-order valence-corrected chi connectivity index (χ0v) is 17.8. The van der Waals surface area contributed by atoms with Crippen LogP contribution in [0, 0.1) is 5.92 Å². The molecule has 2 aromatic rings. The summed E-state index contributed by atoms with van der Waals surface area (Å²) in [4.78, 5) is 43.5. The minimum Gasteiger partial charge on any atom is -0.341 e. The summed E-state index contributed by atoms with van der Waals surface area (Å²) in [5.41, 5.74) is 1.05. The van der Waals surface area contributed by atoms with E-state index < -0.39 is 17.2 Å². The van der Waals surface area contributed by atoms with E-state index in [9.17, 15) is 14.4 Å². The number of aromatic nitrogens is 2. The number of urea groups is 1. The first-order valence-electron chi connectivity index (χ1n) is 9.20. The number of nitrogens with one attached hydrogen (secondary N) is 2. The van der Waals surface area contributed by atoms with E-state index in [0.717, 1.165) is 41.4 Å². The van der Waals surface area contributed by atoms with Crippen LogP contribution in [0.15, 0.2) is 22.6 Å². The molecule has 2 aromatic heterocycles. The number of hydrogen-bond donors (Lipinski definition) is 2. The summed E-state index contributed by atoms with van der Waals surface area (Å²) in [6.07, 6.45) is 4.60. The van der Waals surface area contributed by atoms with E-state index in [4.69, 9.17) is 4.98 Å². The summed E-state index contributed by atoms with van der Waals surface area (Å²) >= 11 is 2.74. The smallest absolute Gasteiger partial charge is 0.321 e. The number of thioether (sulfide) groups is 1. The maximum atomic E-state index is 13.2. The Hall–Kier alpha value is -2.13. The van der Waals surface area contributed by atoms with Gasteiger partial charge in [-0.3, -0.25) is 19.5 Å². The first kappa shape index (κ1) is 20.6. The summed E-state index contributed by atoms with van der Waals surface area (Å²) in [6, 6.07) is -0.565. The molecule has 0 spiro atoms. The van der Waals surface area contributed by atoms with Crippen LogP contribution in [0.1, 0.15) is 30.7 Å². The first-order chi connectivity index (χ1) is 13.3. The van der Waals surface area contributed by atoms with Crippen molar-refractivity contribution in [1.82, 2.24) is 20.2 Å². The summed E-state index contributed by atoms with van der Waals surface area (Å²) in [6.45, 7) is 7.96. The van der Waals surface area contributed by atoms with Crippen molar-refractivity contribution in [1.29, 1.82) is 0 Å². The van der Waals surface area contributed by atoms with Crippen LogP contribution in [0.4, 0.5) is 4.79 Å². The van der Waals surface area contributed by atoms with E-state index in [1.807, 2.05) is 0 Å². The third-order valence-electron chi connectivity index (χ3n) is 4.81. The zero-order valence-electron chi connectivity index (χ0n) is 16.2. The summed E-state index contributed by atoms with van der Waals surface area (Å²) in [5, 5.41) is 5.18. The molecule has 0 unspecified atom stereocenters. The van der Waals surface area contributed by atoms with Crippen LogP contribution in [0.2, 0.25) is 0 Å². The van der Waals surface area contributed by atoms with Crippen molar-refractivity contribution < 1.29 is 9.59 Å². The van der Waals surface area contributed by atoms with E-state index in [1.54, 1.807) is 28.9 Å². The highest BCUT2D eigenvalue weighted by Crippen LogP contribution is 2.36. The number of rotatable bonds is 5. The third kappa shape index (κ3) is 4.00. The van der Waals surface area contributed by atoms with Crippen LogP contribution in [0.3, 0.4) is 0 Å². The van der Waals surface area contributed by atoms with Gasteiger partial charge in [0, 0.05) is 18.5 Å². The van der Waals surface area contributed by atoms with Crippen molar-refractivity contribution in [3.05, 3.63) is 33.4 Å². The lowest BCUT2D eigenvalue weighted by molar-refractivity contribution is -0.119. The molecule has 150 valence electrons. The number of carbonyl (C=O) groups excluding carboxylic acids is 2. The Labute approximate surface area is 171 Å². The van der Waals surface area contributed by atoms with E-state index in [0.29, 0.717) is 23.0 Å². The van der Waals surface area contributed by atoms with E-state index in [2.05, 4.69) is 24.1 Å². The van der Waals surface area contributed by atoms with Gasteiger partial charge in [-0.25, -0.2) is 9.78 Å². The van der Waals surface area contributed by atoms with Gasteiger partial charge in [-0.1, -0.05) is 24.8 Å². The molecular formula is C19H24N4O3S2. The van der Waals surface area contributed by atoms with Crippen LogP contribution in [0.5, 0.6) is 0 Å². The van der Waals surface area contributed by atoms with Crippen molar-refractivity contribution in [2.45, 2.75) is 50.1 Å². The van der Waals surface area contributed by atoms with Crippen molar-refractivity contribution in [3.63, 3.8) is 0 Å². The van der Waals surface area contributed by atoms with Crippen LogP contribution < -0.4 is 16.2 Å². The molecule has 0 saturated carbocycles. The Kier molecular flexibility index (Phi) is 6.24. The number of imide groups is 1. The Morgan fingerprint density at radius 3 is 2.93 bits per heavy atom. The molecule has 28 heavy (non-hydrogen) atoms. The summed E-state index contributed by atoms with van der Waals surface area (Å²) < 4.78 is 1.56. The molecule has 0 bridgehead atoms. The molecule has 0 aliphatic heterocycles. The Balaban J connectivity index is 2.01. The Morgan fingerprint density at radius 1 is 1.50 bits per heavy atom. The Morgan fingerprint density at radius 2 is 2.25 bits per heavy atom. The zero-order chi connectivity index (χ0) is 20.4. The molecule has 1 aliphatic carbocycles. The highest BCUT2D eigenvalue weighted by Gasteiger charge is 2.26. The molecule has 9 heteroatoms. The molecule has 1 aliphatic rings. The van der Waals surface area contributed by atoms with Crippen molar-refractivity contribution in [3.8, 4) is 0 Å². The quantitative estimate of drug-likeness (QED) is 0.441. The van der Waals surface area contributed by atoms with Gasteiger partial charge in [-0.05, 0) is 37.7 Å². The monoisotopic (exact) mass is 420 g/mol. The van der Waals surface area contributed by atoms with Crippen molar-refractivity contribution >= 4 is 45.3 Å². The van der Waals surface area contributed by atoms with Crippen LogP contribution >= 0.6 is 23.1 Å². The number of amides is 3. The SMILES string of the molecule is C=CCn1c(S[C@@H](C)C(=O)NC(=O)NC)nc2sc3c(c2c1=O)CC[C@H](C)C3. The van der Waals surface area contributed by atoms with Crippen LogP contribution in [0.25, 0.3) is 10.2 Å². The van der Waals surface area contributed by atoms with Gasteiger partial charge < -0.3 is 5.32 Å². The highest BCUT2D eigenvalue weighted by molar-refractivity contribution is 8.00. The van der Waals surface area contributed by atoms with Crippen LogP contribution in [-0.4, -0.2) is 33.8 Å². The second-order valence-electron chi connectivity index (χ2n) is 6.96. The molecule has 2 N–H and O–H groups in total. The molecule has 0 radical (unpaired) electrons. The molecule has 3 amide bonds. The number of aryl methyl sites for hydroxylation is 1. The average molecular weight is 421 g/mol. The van der Waals surface area contributed by atoms with Gasteiger partial charge in [0.1, 0.15) is 4.83 Å². The minimum atomic E-state index is -0.590. The average Bonchev–Trinajstić information content (AvgIpc) is 3.01. The van der Waals surface area contributed by atoms with Crippen molar-refractivity contribution in [2.24, 2.45) is 5.92 Å². The van der Waals surface area contributed by atoms with Gasteiger partial charge in [-0.2, -0.15) is 0 Å². The second-order valence-corrected chi connectivity index (χ2v) is 9.35. The molecule has 2 atom stereocenters. The number of nitrogens with zero attached hydrogens (tertiary/aromatic N) is 2. The maximum Gasteiger partial charge on any atom is 0.321 e. The topological polar surface area (TPSA) is 93.1 Å². The molecular weight excluding hydrogens is 396 g/mol. The fourth-order valence-electron chi connectivity index (χ4n) is 3.27. The van der Waals surface area contributed by atoms with Crippen LogP contribution in [-0.2, 0) is 24.2 Å². The lowest BCUT2D eigenvalue weighted by atomic mass is 9.89. The van der Waals surface area contributed by atoms with Gasteiger partial charge in [0.25, 0.3) is 5.56 Å². The minimum absolute atomic E-state index is 0.0848. The van der Waals surface area contributed by atoms with Gasteiger partial charge in [0.05, 0.1) is 10.6 Å². The second kappa shape index (κ2) is 8.48. The summed E-state index contributed by atoms with van der Waals surface area (Å²) in [7, 11) is 1.44. The normalized spacial score (nSPS) is 17.0. The molecule has 7 nitrogen and oxygen atoms in total. The number of carbonyl (C=O) groups is 2. The van der Waals surface area contributed by atoms with E-state index >= 15 is 0 Å². The molecule has 0 fully saturated rings. The number of thiophene rings is 1. The van der Waals surface area contributed by atoms with E-state index in [-0.39, 0.29) is 5.56 Å². The number of hydrogen-bond acceptors (Lipinski definition) is 6. The van der Waals surface area contributed by atoms with E-state index in [1.165, 1.54) is 11.9 Å². The molecule has 0 aromatic carbocycles. The van der Waals surface area contributed by atoms with Gasteiger partial charge in [0.15, 0.2) is 5.16 Å². The summed E-state index contributed by atoms with van der Waals surface area (Å²) in [5.74, 6) is 0.168. The van der Waals surface area contributed by atoms with Crippen molar-refractivity contribution in [2.75, 3.05) is 7.05 Å². The van der Waals surface area contributed by atoms with Gasteiger partial charge in [-0.15, -0.1) is 17.9 Å². The Bertz CT molecular complexity index is 995. The predicted octanol–water partition coefficient (Wildman–Crippen LogP) is 2.71. The number of fused-ring (bicyclic) bond motifs is 3. The standard InChI is InChI=1S/C19H24N4O3S2/c1-5-8-23-17(25)14-12-7-6-10(2)9-13(12)28-16(14)22-19(23)27-11(3)15(24)21-18(26)20-4/h5,10-11H,1,6-9H2,2-4H3,(H2,20,21,24,26)/t10-,11-/m0/s1. The molecule has 2 heterocycles. The fraction of sp³-hybridized carbons (Fsp3) is 0.474. The largest absolute Gasteiger partial charge is 0.341 e. The third-order valence-corrected chi connectivity index (χ3v) is 7.05. The maximum absolute atomic E-state index is 13.2. The van der Waals surface area contributed by atoms with Gasteiger partial charge in [0.2, 0.25) is 5.91 Å². The number of allylic oxidation sites excluding steroid dienone is 1. The molecule has 0 saturated heterocycles.